The van der Waals surface area contributed by atoms with Gasteiger partial charge in [0.1, 0.15) is 11.8 Å². The van der Waals surface area contributed by atoms with Crippen LogP contribution in [0.1, 0.15) is 0 Å². The lowest BCUT2D eigenvalue weighted by Gasteiger charge is -2.13. The molecule has 0 saturated carbocycles. The Morgan fingerprint density at radius 3 is 2.52 bits per heavy atom. The Bertz CT molecular complexity index is 1280. The minimum absolute atomic E-state index is 0.182. The number of nitrogens with zero attached hydrogens (tertiary/aromatic N) is 5. The van der Waals surface area contributed by atoms with E-state index in [2.05, 4.69) is 24.7 Å². The van der Waals surface area contributed by atoms with Crippen LogP contribution in [0, 0.1) is 0 Å². The summed E-state index contributed by atoms with van der Waals surface area (Å²) < 4.78 is 27.7. The number of hydrogen-bond acceptors (Lipinski definition) is 7. The molecule has 29 heavy (non-hydrogen) atoms. The lowest BCUT2D eigenvalue weighted by atomic mass is 10.1. The molecule has 0 radical (unpaired) electrons. The van der Waals surface area contributed by atoms with Crippen molar-refractivity contribution in [2.75, 3.05) is 23.7 Å². The summed E-state index contributed by atoms with van der Waals surface area (Å²) in [6.07, 6.45) is 4.59. The van der Waals surface area contributed by atoms with E-state index in [0.717, 1.165) is 5.52 Å². The predicted octanol–water partition coefficient (Wildman–Crippen LogP) is 2.95. The van der Waals surface area contributed by atoms with Gasteiger partial charge in [-0.1, -0.05) is 18.2 Å². The molecule has 0 amide bonds. The highest BCUT2D eigenvalue weighted by Crippen LogP contribution is 2.26. The van der Waals surface area contributed by atoms with Gasteiger partial charge in [-0.3, -0.25) is 9.71 Å². The molecule has 9 heteroatoms. The molecule has 0 saturated heterocycles. The molecular formula is C20H18N6O2S. The topological polar surface area (TPSA) is 101 Å². The summed E-state index contributed by atoms with van der Waals surface area (Å²) in [5, 5.41) is 0. The van der Waals surface area contributed by atoms with Crippen LogP contribution in [-0.2, 0) is 10.0 Å². The van der Waals surface area contributed by atoms with Gasteiger partial charge in [0.15, 0.2) is 5.82 Å². The fraction of sp³-hybridized carbons (Fsp3) is 0.100. The molecule has 0 fully saturated rings. The average Bonchev–Trinajstić information content (AvgIpc) is 2.73. The van der Waals surface area contributed by atoms with Crippen molar-refractivity contribution in [1.82, 2.24) is 19.9 Å². The maximum Gasteiger partial charge on any atom is 0.261 e. The van der Waals surface area contributed by atoms with Gasteiger partial charge >= 0.3 is 0 Å². The second-order valence-electron chi connectivity index (χ2n) is 6.54. The third-order valence-corrected chi connectivity index (χ3v) is 5.62. The number of benzene rings is 1. The van der Waals surface area contributed by atoms with E-state index in [-0.39, 0.29) is 4.90 Å². The van der Waals surface area contributed by atoms with Crippen molar-refractivity contribution in [2.24, 2.45) is 0 Å². The van der Waals surface area contributed by atoms with E-state index < -0.39 is 10.0 Å². The number of hydrogen-bond donors (Lipinski definition) is 1. The van der Waals surface area contributed by atoms with E-state index in [1.54, 1.807) is 30.5 Å². The van der Waals surface area contributed by atoms with Gasteiger partial charge in [0.2, 0.25) is 0 Å². The smallest absolute Gasteiger partial charge is 0.261 e. The van der Waals surface area contributed by atoms with Gasteiger partial charge in [-0.05, 0) is 30.3 Å². The number of rotatable bonds is 5. The van der Waals surface area contributed by atoms with E-state index in [0.29, 0.717) is 28.3 Å². The molecule has 3 aromatic heterocycles. The van der Waals surface area contributed by atoms with Crippen LogP contribution in [0.25, 0.3) is 22.3 Å². The molecule has 0 aliphatic rings. The molecule has 1 aromatic carbocycles. The van der Waals surface area contributed by atoms with Crippen LogP contribution in [-0.4, -0.2) is 42.4 Å². The summed E-state index contributed by atoms with van der Waals surface area (Å²) in [5.74, 6) is 0.700. The zero-order valence-corrected chi connectivity index (χ0v) is 16.6. The van der Waals surface area contributed by atoms with E-state index in [1.807, 2.05) is 31.1 Å². The summed E-state index contributed by atoms with van der Waals surface area (Å²) in [6, 6.07) is 13.5. The van der Waals surface area contributed by atoms with Gasteiger partial charge < -0.3 is 4.90 Å². The molecule has 146 valence electrons. The van der Waals surface area contributed by atoms with Crippen LogP contribution in [0.5, 0.6) is 0 Å². The molecule has 0 bridgehead atoms. The van der Waals surface area contributed by atoms with Crippen LogP contribution in [0.2, 0.25) is 0 Å². The monoisotopic (exact) mass is 406 g/mol. The van der Waals surface area contributed by atoms with Crippen LogP contribution in [0.3, 0.4) is 0 Å². The third-order valence-electron chi connectivity index (χ3n) is 4.23. The maximum absolute atomic E-state index is 12.6. The first kappa shape index (κ1) is 18.8. The molecule has 0 atom stereocenters. The number of fused-ring (bicyclic) bond motifs is 1. The molecule has 0 unspecified atom stereocenters. The molecule has 4 rings (SSSR count). The zero-order chi connectivity index (χ0) is 20.4. The van der Waals surface area contributed by atoms with Crippen molar-refractivity contribution >= 4 is 32.6 Å². The van der Waals surface area contributed by atoms with Crippen molar-refractivity contribution < 1.29 is 8.42 Å². The molecule has 4 aromatic rings. The van der Waals surface area contributed by atoms with E-state index in [1.165, 1.54) is 24.7 Å². The number of aromatic nitrogens is 4. The van der Waals surface area contributed by atoms with E-state index >= 15 is 0 Å². The first-order chi connectivity index (χ1) is 13.9. The molecule has 3 heterocycles. The molecular weight excluding hydrogens is 388 g/mol. The van der Waals surface area contributed by atoms with Crippen LogP contribution < -0.4 is 9.62 Å². The van der Waals surface area contributed by atoms with E-state index in [9.17, 15) is 8.42 Å². The van der Waals surface area contributed by atoms with Gasteiger partial charge in [-0.2, -0.15) is 0 Å². The Balaban J connectivity index is 1.72. The Labute approximate surface area is 168 Å². The van der Waals surface area contributed by atoms with Crippen LogP contribution in [0.15, 0.2) is 72.1 Å². The number of nitrogens with one attached hydrogen (secondary N) is 1. The maximum atomic E-state index is 12.6. The lowest BCUT2D eigenvalue weighted by molar-refractivity contribution is 0.601. The second-order valence-corrected chi connectivity index (χ2v) is 8.22. The highest BCUT2D eigenvalue weighted by molar-refractivity contribution is 7.92. The van der Waals surface area contributed by atoms with Gasteiger partial charge in [0.25, 0.3) is 10.0 Å². The molecule has 0 aliphatic heterocycles. The van der Waals surface area contributed by atoms with Crippen LogP contribution in [0.4, 0.5) is 11.5 Å². The number of pyridine rings is 2. The standard InChI is InChI=1S/C20H18N6O2S/c1-26(2)20-19-18(22-13-23-20)9-8-17(24-19)14-10-15(12-21-11-14)25-29(27,28)16-6-4-3-5-7-16/h3-13,25H,1-2H3. The fourth-order valence-corrected chi connectivity index (χ4v) is 3.92. The summed E-state index contributed by atoms with van der Waals surface area (Å²) in [4.78, 5) is 19.4. The minimum Gasteiger partial charge on any atom is -0.361 e. The SMILES string of the molecule is CN(C)c1ncnc2ccc(-c3cncc(NS(=O)(=O)c4ccccc4)c3)nc12. The lowest BCUT2D eigenvalue weighted by Crippen LogP contribution is -2.13. The Hall–Kier alpha value is -3.59. The fourth-order valence-electron chi connectivity index (χ4n) is 2.87. The van der Waals surface area contributed by atoms with Crippen molar-refractivity contribution in [1.29, 1.82) is 0 Å². The summed E-state index contributed by atoms with van der Waals surface area (Å²) in [6.45, 7) is 0. The highest BCUT2D eigenvalue weighted by Gasteiger charge is 2.15. The van der Waals surface area contributed by atoms with Gasteiger partial charge in [-0.15, -0.1) is 0 Å². The second kappa shape index (κ2) is 7.44. The number of anilines is 2. The average molecular weight is 406 g/mol. The molecule has 1 N–H and O–H groups in total. The van der Waals surface area contributed by atoms with Crippen molar-refractivity contribution in [3.8, 4) is 11.3 Å². The Morgan fingerprint density at radius 2 is 1.76 bits per heavy atom. The van der Waals surface area contributed by atoms with Gasteiger partial charge in [-0.25, -0.2) is 23.4 Å². The molecule has 0 aliphatic carbocycles. The largest absolute Gasteiger partial charge is 0.361 e. The summed E-state index contributed by atoms with van der Waals surface area (Å²) in [7, 11) is 0.0692. The minimum atomic E-state index is -3.70. The zero-order valence-electron chi connectivity index (χ0n) is 15.8. The van der Waals surface area contributed by atoms with Gasteiger partial charge in [0, 0.05) is 25.9 Å². The number of sulfonamides is 1. The summed E-state index contributed by atoms with van der Waals surface area (Å²) in [5.41, 5.74) is 3.05. The third kappa shape index (κ3) is 3.85. The van der Waals surface area contributed by atoms with Crippen LogP contribution >= 0.6 is 0 Å². The Kier molecular flexibility index (Phi) is 4.81. The molecule has 8 nitrogen and oxygen atoms in total. The quantitative estimate of drug-likeness (QED) is 0.544. The van der Waals surface area contributed by atoms with Crippen molar-refractivity contribution in [3.05, 3.63) is 67.3 Å². The van der Waals surface area contributed by atoms with E-state index in [4.69, 9.17) is 0 Å². The summed E-state index contributed by atoms with van der Waals surface area (Å²) >= 11 is 0. The first-order valence-electron chi connectivity index (χ1n) is 8.76. The normalized spacial score (nSPS) is 11.4. The highest BCUT2D eigenvalue weighted by atomic mass is 32.2. The first-order valence-corrected chi connectivity index (χ1v) is 10.2. The van der Waals surface area contributed by atoms with Crippen molar-refractivity contribution in [3.63, 3.8) is 0 Å². The van der Waals surface area contributed by atoms with Crippen molar-refractivity contribution in [2.45, 2.75) is 4.90 Å². The predicted molar refractivity (Wildman–Crippen MR) is 112 cm³/mol. The Morgan fingerprint density at radius 1 is 0.966 bits per heavy atom. The van der Waals surface area contributed by atoms with Gasteiger partial charge in [0.05, 0.1) is 28.0 Å². The molecule has 0 spiro atoms.